The third-order valence-corrected chi connectivity index (χ3v) is 5.23. The van der Waals surface area contributed by atoms with Gasteiger partial charge in [0, 0.05) is 23.3 Å². The fourth-order valence-corrected chi connectivity index (χ4v) is 3.76. The van der Waals surface area contributed by atoms with Gasteiger partial charge in [-0.25, -0.2) is 4.98 Å². The SMILES string of the molecule is [CH]1c2cc(OCc3ccc4ccccc4n3)ccc2OCC1Cc1ccccc1. The van der Waals surface area contributed by atoms with Crippen LogP contribution in [0, 0.1) is 12.3 Å². The summed E-state index contributed by atoms with van der Waals surface area (Å²) in [4.78, 5) is 4.68. The summed E-state index contributed by atoms with van der Waals surface area (Å²) in [5.74, 6) is 2.12. The van der Waals surface area contributed by atoms with Crippen LogP contribution in [0.3, 0.4) is 0 Å². The summed E-state index contributed by atoms with van der Waals surface area (Å²) >= 11 is 0. The van der Waals surface area contributed by atoms with E-state index >= 15 is 0 Å². The summed E-state index contributed by atoms with van der Waals surface area (Å²) in [5, 5.41) is 1.14. The number of nitrogens with zero attached hydrogens (tertiary/aromatic N) is 1. The van der Waals surface area contributed by atoms with Crippen molar-refractivity contribution in [1.82, 2.24) is 4.98 Å². The normalized spacial score (nSPS) is 15.5. The molecule has 1 unspecified atom stereocenters. The third kappa shape index (κ3) is 4.09. The van der Waals surface area contributed by atoms with Gasteiger partial charge in [0.05, 0.1) is 17.8 Å². The Morgan fingerprint density at radius 3 is 2.69 bits per heavy atom. The predicted molar refractivity (Wildman–Crippen MR) is 115 cm³/mol. The molecule has 0 N–H and O–H groups in total. The van der Waals surface area contributed by atoms with Crippen molar-refractivity contribution in [3.05, 3.63) is 108 Å². The molecule has 4 aromatic rings. The first-order chi connectivity index (χ1) is 14.3. The van der Waals surface area contributed by atoms with Crippen molar-refractivity contribution >= 4 is 10.9 Å². The standard InChI is InChI=1S/C26H22NO2/c1-2-6-19(7-3-1)14-20-15-22-16-24(12-13-26(22)29-17-20)28-18-23-11-10-21-8-4-5-9-25(21)27-23/h1-13,15-16,20H,14,17-18H2. The molecule has 0 bridgehead atoms. The Balaban J connectivity index is 1.27. The molecule has 1 aromatic heterocycles. The summed E-state index contributed by atoms with van der Waals surface area (Å²) in [7, 11) is 0. The monoisotopic (exact) mass is 380 g/mol. The van der Waals surface area contributed by atoms with Crippen molar-refractivity contribution in [2.24, 2.45) is 5.92 Å². The van der Waals surface area contributed by atoms with Gasteiger partial charge in [-0.3, -0.25) is 0 Å². The number of hydrogen-bond acceptors (Lipinski definition) is 3. The summed E-state index contributed by atoms with van der Waals surface area (Å²) < 4.78 is 12.0. The average molecular weight is 380 g/mol. The number of pyridine rings is 1. The minimum absolute atomic E-state index is 0.363. The molecule has 0 amide bonds. The second-order valence-electron chi connectivity index (χ2n) is 7.41. The fourth-order valence-electron chi connectivity index (χ4n) is 3.76. The van der Waals surface area contributed by atoms with Crippen LogP contribution in [-0.4, -0.2) is 11.6 Å². The van der Waals surface area contributed by atoms with Gasteiger partial charge < -0.3 is 9.47 Å². The summed E-state index contributed by atoms with van der Waals surface area (Å²) in [6, 6.07) is 28.8. The molecular weight excluding hydrogens is 358 g/mol. The highest BCUT2D eigenvalue weighted by Gasteiger charge is 2.21. The molecule has 1 aliphatic heterocycles. The van der Waals surface area contributed by atoms with Crippen molar-refractivity contribution in [1.29, 1.82) is 0 Å². The van der Waals surface area contributed by atoms with Crippen LogP contribution in [0.2, 0.25) is 0 Å². The maximum atomic E-state index is 6.02. The van der Waals surface area contributed by atoms with Crippen LogP contribution in [-0.2, 0) is 13.0 Å². The van der Waals surface area contributed by atoms with E-state index in [0.29, 0.717) is 19.1 Å². The van der Waals surface area contributed by atoms with Crippen LogP contribution in [0.1, 0.15) is 16.8 Å². The van der Waals surface area contributed by atoms with Gasteiger partial charge in [0.15, 0.2) is 0 Å². The van der Waals surface area contributed by atoms with E-state index in [1.807, 2.05) is 42.5 Å². The van der Waals surface area contributed by atoms with Crippen molar-refractivity contribution in [3.63, 3.8) is 0 Å². The summed E-state index contributed by atoms with van der Waals surface area (Å²) in [6.07, 6.45) is 3.28. The zero-order valence-corrected chi connectivity index (χ0v) is 16.1. The van der Waals surface area contributed by atoms with Gasteiger partial charge in [0.25, 0.3) is 0 Å². The average Bonchev–Trinajstić information content (AvgIpc) is 2.78. The smallest absolute Gasteiger partial charge is 0.130 e. The minimum Gasteiger partial charge on any atom is -0.493 e. The Morgan fingerprint density at radius 1 is 0.897 bits per heavy atom. The van der Waals surface area contributed by atoms with Crippen molar-refractivity contribution < 1.29 is 9.47 Å². The van der Waals surface area contributed by atoms with E-state index in [1.54, 1.807) is 0 Å². The molecule has 29 heavy (non-hydrogen) atoms. The topological polar surface area (TPSA) is 31.4 Å². The number of para-hydroxylation sites is 1. The number of benzene rings is 3. The van der Waals surface area contributed by atoms with Crippen LogP contribution >= 0.6 is 0 Å². The highest BCUT2D eigenvalue weighted by Crippen LogP contribution is 2.33. The Bertz CT molecular complexity index is 1120. The highest BCUT2D eigenvalue weighted by atomic mass is 16.5. The van der Waals surface area contributed by atoms with Crippen LogP contribution in [0.15, 0.2) is 84.9 Å². The van der Waals surface area contributed by atoms with Gasteiger partial charge in [0.1, 0.15) is 18.1 Å². The van der Waals surface area contributed by atoms with Gasteiger partial charge in [-0.05, 0) is 42.3 Å². The maximum Gasteiger partial charge on any atom is 0.130 e. The molecule has 0 aliphatic carbocycles. The van der Waals surface area contributed by atoms with Gasteiger partial charge in [-0.2, -0.15) is 0 Å². The van der Waals surface area contributed by atoms with E-state index in [4.69, 9.17) is 9.47 Å². The second-order valence-corrected chi connectivity index (χ2v) is 7.41. The molecule has 3 aromatic carbocycles. The third-order valence-electron chi connectivity index (χ3n) is 5.23. The molecule has 143 valence electrons. The highest BCUT2D eigenvalue weighted by molar-refractivity contribution is 5.78. The number of hydrogen-bond donors (Lipinski definition) is 0. The second kappa shape index (κ2) is 7.96. The Labute approximate surface area is 170 Å². The lowest BCUT2D eigenvalue weighted by molar-refractivity contribution is 0.248. The van der Waals surface area contributed by atoms with Gasteiger partial charge in [-0.1, -0.05) is 54.6 Å². The van der Waals surface area contributed by atoms with Crippen molar-refractivity contribution in [2.45, 2.75) is 13.0 Å². The first-order valence-electron chi connectivity index (χ1n) is 9.97. The molecular formula is C26H22NO2. The number of ether oxygens (including phenoxy) is 2. The number of rotatable bonds is 5. The number of aromatic nitrogens is 1. The lowest BCUT2D eigenvalue weighted by atomic mass is 9.91. The predicted octanol–water partition coefficient (Wildman–Crippen LogP) is 5.62. The summed E-state index contributed by atoms with van der Waals surface area (Å²) in [5.41, 5.74) is 4.34. The zero-order valence-electron chi connectivity index (χ0n) is 16.1. The molecule has 3 nitrogen and oxygen atoms in total. The Kier molecular flexibility index (Phi) is 4.87. The Morgan fingerprint density at radius 2 is 1.76 bits per heavy atom. The molecule has 2 heterocycles. The van der Waals surface area contributed by atoms with Crippen molar-refractivity contribution in [2.75, 3.05) is 6.61 Å². The van der Waals surface area contributed by atoms with Crippen LogP contribution in [0.4, 0.5) is 0 Å². The number of fused-ring (bicyclic) bond motifs is 2. The van der Waals surface area contributed by atoms with Gasteiger partial charge in [-0.15, -0.1) is 0 Å². The van der Waals surface area contributed by atoms with E-state index in [0.717, 1.165) is 40.1 Å². The largest absolute Gasteiger partial charge is 0.493 e. The molecule has 1 atom stereocenters. The maximum absolute atomic E-state index is 6.02. The molecule has 0 spiro atoms. The van der Waals surface area contributed by atoms with Gasteiger partial charge in [0.2, 0.25) is 0 Å². The molecule has 0 fully saturated rings. The molecule has 5 rings (SSSR count). The lowest BCUT2D eigenvalue weighted by Crippen LogP contribution is -2.21. The van der Waals surface area contributed by atoms with Crippen LogP contribution < -0.4 is 9.47 Å². The van der Waals surface area contributed by atoms with E-state index in [-0.39, 0.29) is 0 Å². The molecule has 0 saturated heterocycles. The molecule has 3 heteroatoms. The minimum atomic E-state index is 0.363. The zero-order chi connectivity index (χ0) is 19.5. The molecule has 1 aliphatic rings. The van der Waals surface area contributed by atoms with E-state index in [2.05, 4.69) is 53.9 Å². The van der Waals surface area contributed by atoms with E-state index < -0.39 is 0 Å². The first-order valence-corrected chi connectivity index (χ1v) is 9.97. The van der Waals surface area contributed by atoms with Crippen LogP contribution in [0.25, 0.3) is 10.9 Å². The van der Waals surface area contributed by atoms with Gasteiger partial charge >= 0.3 is 0 Å². The molecule has 0 saturated carbocycles. The first kappa shape index (κ1) is 17.7. The fraction of sp³-hybridized carbons (Fsp3) is 0.154. The van der Waals surface area contributed by atoms with Crippen molar-refractivity contribution in [3.8, 4) is 11.5 Å². The van der Waals surface area contributed by atoms with E-state index in [1.165, 1.54) is 5.56 Å². The van der Waals surface area contributed by atoms with Crippen LogP contribution in [0.5, 0.6) is 11.5 Å². The summed E-state index contributed by atoms with van der Waals surface area (Å²) in [6.45, 7) is 1.15. The lowest BCUT2D eigenvalue weighted by Gasteiger charge is -2.25. The van der Waals surface area contributed by atoms with E-state index in [9.17, 15) is 0 Å². The Hall–Kier alpha value is -3.33. The quantitative estimate of drug-likeness (QED) is 0.450. The molecule has 1 radical (unpaired) electrons.